The van der Waals surface area contributed by atoms with Crippen molar-refractivity contribution in [3.05, 3.63) is 18.2 Å². The molecule has 3 rings (SSSR count). The predicted octanol–water partition coefficient (Wildman–Crippen LogP) is 0.951. The Morgan fingerprint density at radius 3 is 2.63 bits per heavy atom. The molecule has 2 heterocycles. The standard InChI is InChI=1S/C12H15N5O2/c1-8-14-15-10(9-6-13-16(2)7-9)17(8)12(11(18)19)4-3-5-12/h6-7H,3-5H2,1-2H3,(H,18,19). The van der Waals surface area contributed by atoms with Crippen molar-refractivity contribution in [2.75, 3.05) is 0 Å². The van der Waals surface area contributed by atoms with Gasteiger partial charge in [-0.05, 0) is 26.2 Å². The van der Waals surface area contributed by atoms with Gasteiger partial charge in [-0.3, -0.25) is 9.25 Å². The zero-order valence-electron chi connectivity index (χ0n) is 10.9. The summed E-state index contributed by atoms with van der Waals surface area (Å²) in [6, 6.07) is 0. The highest BCUT2D eigenvalue weighted by molar-refractivity contribution is 5.79. The molecule has 0 aromatic carbocycles. The molecule has 2 aromatic heterocycles. The summed E-state index contributed by atoms with van der Waals surface area (Å²) in [4.78, 5) is 11.6. The van der Waals surface area contributed by atoms with Crippen molar-refractivity contribution in [3.63, 3.8) is 0 Å². The molecule has 7 nitrogen and oxygen atoms in total. The fourth-order valence-corrected chi connectivity index (χ4v) is 2.64. The molecule has 0 bridgehead atoms. The molecule has 1 aliphatic rings. The van der Waals surface area contributed by atoms with E-state index in [1.807, 2.05) is 13.2 Å². The second kappa shape index (κ2) is 3.91. The summed E-state index contributed by atoms with van der Waals surface area (Å²) in [6.45, 7) is 1.79. The van der Waals surface area contributed by atoms with Gasteiger partial charge in [0.1, 0.15) is 11.4 Å². The summed E-state index contributed by atoms with van der Waals surface area (Å²) in [5.74, 6) is 0.389. The Kier molecular flexibility index (Phi) is 2.44. The molecule has 2 aromatic rings. The average Bonchev–Trinajstić information content (AvgIpc) is 2.85. The van der Waals surface area contributed by atoms with Gasteiger partial charge >= 0.3 is 5.97 Å². The van der Waals surface area contributed by atoms with Gasteiger partial charge in [0.2, 0.25) is 0 Å². The lowest BCUT2D eigenvalue weighted by atomic mass is 9.76. The number of rotatable bonds is 3. The third kappa shape index (κ3) is 1.57. The number of aromatic nitrogens is 5. The normalized spacial score (nSPS) is 17.2. The van der Waals surface area contributed by atoms with E-state index >= 15 is 0 Å². The Balaban J connectivity index is 2.16. The fraction of sp³-hybridized carbons (Fsp3) is 0.500. The molecule has 0 saturated heterocycles. The summed E-state index contributed by atoms with van der Waals surface area (Å²) in [6.07, 6.45) is 5.64. The van der Waals surface area contributed by atoms with E-state index in [2.05, 4.69) is 15.3 Å². The van der Waals surface area contributed by atoms with Crippen molar-refractivity contribution in [1.29, 1.82) is 0 Å². The van der Waals surface area contributed by atoms with Crippen molar-refractivity contribution in [2.45, 2.75) is 31.7 Å². The average molecular weight is 261 g/mol. The van der Waals surface area contributed by atoms with Crippen LogP contribution < -0.4 is 0 Å². The van der Waals surface area contributed by atoms with Crippen LogP contribution in [0.2, 0.25) is 0 Å². The van der Waals surface area contributed by atoms with E-state index in [1.54, 1.807) is 22.4 Å². The van der Waals surface area contributed by atoms with Crippen LogP contribution in [0.3, 0.4) is 0 Å². The van der Waals surface area contributed by atoms with E-state index in [4.69, 9.17) is 0 Å². The third-order valence-electron chi connectivity index (χ3n) is 3.79. The summed E-state index contributed by atoms with van der Waals surface area (Å²) in [5, 5.41) is 21.8. The predicted molar refractivity (Wildman–Crippen MR) is 66.4 cm³/mol. The number of nitrogens with zero attached hydrogens (tertiary/aromatic N) is 5. The zero-order valence-corrected chi connectivity index (χ0v) is 10.9. The summed E-state index contributed by atoms with van der Waals surface area (Å²) in [7, 11) is 1.81. The maximum absolute atomic E-state index is 11.6. The lowest BCUT2D eigenvalue weighted by Crippen LogP contribution is -2.48. The molecule has 1 fully saturated rings. The molecule has 0 amide bonds. The first-order chi connectivity index (χ1) is 9.04. The van der Waals surface area contributed by atoms with E-state index in [9.17, 15) is 9.90 Å². The van der Waals surface area contributed by atoms with E-state index in [0.29, 0.717) is 24.5 Å². The highest BCUT2D eigenvalue weighted by Gasteiger charge is 2.48. The first-order valence-corrected chi connectivity index (χ1v) is 6.19. The van der Waals surface area contributed by atoms with Crippen LogP contribution in [0.1, 0.15) is 25.1 Å². The van der Waals surface area contributed by atoms with E-state index < -0.39 is 11.5 Å². The smallest absolute Gasteiger partial charge is 0.330 e. The first kappa shape index (κ1) is 11.9. The quantitative estimate of drug-likeness (QED) is 0.889. The molecule has 7 heteroatoms. The summed E-state index contributed by atoms with van der Waals surface area (Å²) in [5.41, 5.74) is -0.103. The van der Waals surface area contributed by atoms with E-state index in [0.717, 1.165) is 12.0 Å². The van der Waals surface area contributed by atoms with Gasteiger partial charge in [0, 0.05) is 13.2 Å². The molecule has 0 radical (unpaired) electrons. The second-order valence-electron chi connectivity index (χ2n) is 5.00. The molecule has 0 spiro atoms. The number of aryl methyl sites for hydroxylation is 2. The minimum absolute atomic E-state index is 0.577. The van der Waals surface area contributed by atoms with Crippen LogP contribution in [0.5, 0.6) is 0 Å². The highest BCUT2D eigenvalue weighted by atomic mass is 16.4. The number of aliphatic carboxylic acids is 1. The summed E-state index contributed by atoms with van der Waals surface area (Å²) < 4.78 is 3.41. The number of hydrogen-bond acceptors (Lipinski definition) is 4. The molecule has 1 saturated carbocycles. The first-order valence-electron chi connectivity index (χ1n) is 6.19. The Morgan fingerprint density at radius 1 is 1.42 bits per heavy atom. The molecule has 0 unspecified atom stereocenters. The van der Waals surface area contributed by atoms with Gasteiger partial charge in [-0.15, -0.1) is 10.2 Å². The minimum Gasteiger partial charge on any atom is -0.479 e. The second-order valence-corrected chi connectivity index (χ2v) is 5.00. The van der Waals surface area contributed by atoms with Gasteiger partial charge in [-0.1, -0.05) is 0 Å². The Hall–Kier alpha value is -2.18. The van der Waals surface area contributed by atoms with Crippen molar-refractivity contribution < 1.29 is 9.90 Å². The van der Waals surface area contributed by atoms with E-state index in [-0.39, 0.29) is 0 Å². The number of hydrogen-bond donors (Lipinski definition) is 1. The van der Waals surface area contributed by atoms with Crippen LogP contribution in [0, 0.1) is 6.92 Å². The maximum Gasteiger partial charge on any atom is 0.330 e. The molecule has 0 atom stereocenters. The fourth-order valence-electron chi connectivity index (χ4n) is 2.64. The topological polar surface area (TPSA) is 85.8 Å². The van der Waals surface area contributed by atoms with Crippen LogP contribution >= 0.6 is 0 Å². The SMILES string of the molecule is Cc1nnc(-c2cnn(C)c2)n1C1(C(=O)O)CCC1. The Bertz CT molecular complexity index is 638. The lowest BCUT2D eigenvalue weighted by Gasteiger charge is -2.39. The molecule has 19 heavy (non-hydrogen) atoms. The largest absolute Gasteiger partial charge is 0.479 e. The van der Waals surface area contributed by atoms with Crippen LogP contribution in [0.25, 0.3) is 11.4 Å². The van der Waals surface area contributed by atoms with Gasteiger partial charge in [-0.25, -0.2) is 4.79 Å². The van der Waals surface area contributed by atoms with Crippen molar-refractivity contribution in [2.24, 2.45) is 7.05 Å². The Morgan fingerprint density at radius 2 is 2.16 bits per heavy atom. The number of carbonyl (C=O) groups is 1. The van der Waals surface area contributed by atoms with Crippen LogP contribution in [0.4, 0.5) is 0 Å². The van der Waals surface area contributed by atoms with Gasteiger partial charge in [0.05, 0.1) is 11.8 Å². The zero-order chi connectivity index (χ0) is 13.6. The maximum atomic E-state index is 11.6. The molecular weight excluding hydrogens is 246 g/mol. The Labute approximate surface area is 109 Å². The van der Waals surface area contributed by atoms with Gasteiger partial charge < -0.3 is 5.11 Å². The van der Waals surface area contributed by atoms with Crippen molar-refractivity contribution >= 4 is 5.97 Å². The van der Waals surface area contributed by atoms with Crippen LogP contribution in [0.15, 0.2) is 12.4 Å². The van der Waals surface area contributed by atoms with Crippen LogP contribution in [-0.2, 0) is 17.4 Å². The van der Waals surface area contributed by atoms with Crippen LogP contribution in [-0.4, -0.2) is 35.6 Å². The van der Waals surface area contributed by atoms with Crippen molar-refractivity contribution in [1.82, 2.24) is 24.5 Å². The molecule has 1 aliphatic carbocycles. The lowest BCUT2D eigenvalue weighted by molar-refractivity contribution is -0.152. The number of carboxylic acid groups (broad SMARTS) is 1. The minimum atomic E-state index is -0.890. The van der Waals surface area contributed by atoms with Gasteiger partial charge in [-0.2, -0.15) is 5.10 Å². The van der Waals surface area contributed by atoms with Gasteiger partial charge in [0.25, 0.3) is 0 Å². The van der Waals surface area contributed by atoms with E-state index in [1.165, 1.54) is 0 Å². The molecule has 100 valence electrons. The summed E-state index contributed by atoms with van der Waals surface area (Å²) >= 11 is 0. The molecular formula is C12H15N5O2. The monoisotopic (exact) mass is 261 g/mol. The highest BCUT2D eigenvalue weighted by Crippen LogP contribution is 2.42. The van der Waals surface area contributed by atoms with Gasteiger partial charge in [0.15, 0.2) is 5.82 Å². The van der Waals surface area contributed by atoms with Crippen molar-refractivity contribution in [3.8, 4) is 11.4 Å². The molecule has 0 aliphatic heterocycles. The third-order valence-corrected chi connectivity index (χ3v) is 3.79. The number of carboxylic acids is 1. The molecule has 1 N–H and O–H groups in total.